The predicted molar refractivity (Wildman–Crippen MR) is 129 cm³/mol. The van der Waals surface area contributed by atoms with Gasteiger partial charge in [0.25, 0.3) is 0 Å². The number of ether oxygens (including phenoxy) is 1. The molecule has 2 aliphatic rings. The molecular weight excluding hydrogens is 503 g/mol. The normalized spacial score (nSPS) is 23.3. The zero-order chi connectivity index (χ0) is 24.5. The molecule has 2 N–H and O–H groups in total. The van der Waals surface area contributed by atoms with Gasteiger partial charge in [-0.15, -0.1) is 11.3 Å². The number of nitrogens with zero attached hydrogens (tertiary/aromatic N) is 2. The molecule has 8 nitrogen and oxygen atoms in total. The van der Waals surface area contributed by atoms with Crippen LogP contribution in [0.4, 0.5) is 4.39 Å². The maximum absolute atomic E-state index is 13.8. The summed E-state index contributed by atoms with van der Waals surface area (Å²) in [6, 6.07) is 3.01. The molecule has 0 amide bonds. The molecule has 1 aliphatic heterocycles. The molecule has 1 unspecified atom stereocenters. The van der Waals surface area contributed by atoms with E-state index in [0.29, 0.717) is 53.4 Å². The van der Waals surface area contributed by atoms with Crippen molar-refractivity contribution in [2.75, 3.05) is 13.4 Å². The maximum Gasteiger partial charge on any atom is 0.338 e. The van der Waals surface area contributed by atoms with Crippen LogP contribution in [0.15, 0.2) is 46.0 Å². The van der Waals surface area contributed by atoms with E-state index in [4.69, 9.17) is 21.3 Å². The van der Waals surface area contributed by atoms with Crippen LogP contribution in [0.5, 0.6) is 0 Å². The first kappa shape index (κ1) is 24.8. The monoisotopic (exact) mass is 526 g/mol. The minimum Gasteiger partial charge on any atom is -0.466 e. The fraction of sp³-hybridized carbons (Fsp3) is 0.409. The Labute approximate surface area is 206 Å². The standard InChI is InChI=1S/C22H24ClFN4O4S2/c1-32-22(29)17-18(12-3-6-14(7-4-12)28-34(2,30)31)26-20(21-25-9-10-33-21)27-19(17)15-8-5-13(24)11-16(15)23/h5,8-12,14,19,28H,3-4,6-7H2,1-2H3,(H,26,27)/t12-,14-,19?. The molecule has 0 spiro atoms. The Morgan fingerprint density at radius 1 is 1.29 bits per heavy atom. The highest BCUT2D eigenvalue weighted by molar-refractivity contribution is 7.88. The Kier molecular flexibility index (Phi) is 7.36. The summed E-state index contributed by atoms with van der Waals surface area (Å²) >= 11 is 7.77. The van der Waals surface area contributed by atoms with Crippen LogP contribution >= 0.6 is 22.9 Å². The third-order valence-electron chi connectivity index (χ3n) is 5.89. The molecule has 12 heteroatoms. The summed E-state index contributed by atoms with van der Waals surface area (Å²) in [5.74, 6) is -0.642. The molecule has 0 saturated heterocycles. The lowest BCUT2D eigenvalue weighted by Crippen LogP contribution is -2.41. The van der Waals surface area contributed by atoms with Crippen molar-refractivity contribution in [3.05, 3.63) is 62.5 Å². The Balaban J connectivity index is 1.76. The molecule has 1 aromatic heterocycles. The Hall–Kier alpha value is -2.34. The minimum atomic E-state index is -3.31. The molecule has 0 radical (unpaired) electrons. The summed E-state index contributed by atoms with van der Waals surface area (Å²) in [6.45, 7) is 0. The number of amidine groups is 1. The number of aliphatic imine (C=N–C) groups is 1. The van der Waals surface area contributed by atoms with Crippen LogP contribution in [0.2, 0.25) is 5.02 Å². The second-order valence-electron chi connectivity index (χ2n) is 8.27. The molecule has 1 atom stereocenters. The molecule has 4 rings (SSSR count). The first-order valence-electron chi connectivity index (χ1n) is 10.7. The SMILES string of the molecule is COC(=O)C1=C([C@H]2CC[C@H](NS(C)(=O)=O)CC2)NC(c2nccs2)=NC1c1ccc(F)cc1Cl. The predicted octanol–water partition coefficient (Wildman–Crippen LogP) is 3.56. The summed E-state index contributed by atoms with van der Waals surface area (Å²) in [4.78, 5) is 22.1. The number of nitrogens with one attached hydrogen (secondary N) is 2. The molecular formula is C22H24ClFN4O4S2. The fourth-order valence-electron chi connectivity index (χ4n) is 4.42. The van der Waals surface area contributed by atoms with Crippen molar-refractivity contribution in [1.82, 2.24) is 15.0 Å². The third kappa shape index (κ3) is 5.48. The number of carbonyl (C=O) groups is 1. The lowest BCUT2D eigenvalue weighted by Gasteiger charge is -2.35. The van der Waals surface area contributed by atoms with Crippen LogP contribution in [0.3, 0.4) is 0 Å². The van der Waals surface area contributed by atoms with Gasteiger partial charge in [-0.1, -0.05) is 17.7 Å². The van der Waals surface area contributed by atoms with Crippen molar-refractivity contribution in [2.45, 2.75) is 37.8 Å². The van der Waals surface area contributed by atoms with E-state index in [2.05, 4.69) is 15.0 Å². The van der Waals surface area contributed by atoms with Crippen molar-refractivity contribution in [3.8, 4) is 0 Å². The van der Waals surface area contributed by atoms with Crippen molar-refractivity contribution in [3.63, 3.8) is 0 Å². The van der Waals surface area contributed by atoms with E-state index in [9.17, 15) is 17.6 Å². The number of rotatable bonds is 6. The number of benzene rings is 1. The lowest BCUT2D eigenvalue weighted by atomic mass is 9.80. The highest BCUT2D eigenvalue weighted by Gasteiger charge is 2.37. The average molecular weight is 527 g/mol. The second kappa shape index (κ2) is 10.1. The molecule has 1 saturated carbocycles. The van der Waals surface area contributed by atoms with Gasteiger partial charge < -0.3 is 10.1 Å². The minimum absolute atomic E-state index is 0.0705. The van der Waals surface area contributed by atoms with Crippen molar-refractivity contribution < 1.29 is 22.3 Å². The molecule has 1 aliphatic carbocycles. The number of methoxy groups -OCH3 is 1. The zero-order valence-electron chi connectivity index (χ0n) is 18.5. The summed E-state index contributed by atoms with van der Waals surface area (Å²) in [6.07, 6.45) is 5.32. The van der Waals surface area contributed by atoms with Gasteiger partial charge in [0.15, 0.2) is 10.8 Å². The molecule has 34 heavy (non-hydrogen) atoms. The molecule has 2 aromatic rings. The molecule has 182 valence electrons. The van der Waals surface area contributed by atoms with Crippen LogP contribution in [-0.2, 0) is 19.6 Å². The van der Waals surface area contributed by atoms with Gasteiger partial charge in [0.2, 0.25) is 10.0 Å². The summed E-state index contributed by atoms with van der Waals surface area (Å²) in [5, 5.41) is 5.91. The lowest BCUT2D eigenvalue weighted by molar-refractivity contribution is -0.136. The van der Waals surface area contributed by atoms with Gasteiger partial charge >= 0.3 is 5.97 Å². The molecule has 1 fully saturated rings. The smallest absolute Gasteiger partial charge is 0.338 e. The summed E-state index contributed by atoms with van der Waals surface area (Å²) < 4.78 is 44.8. The van der Waals surface area contributed by atoms with Crippen LogP contribution in [0.25, 0.3) is 0 Å². The largest absolute Gasteiger partial charge is 0.466 e. The molecule has 0 bridgehead atoms. The van der Waals surface area contributed by atoms with Crippen LogP contribution in [0.1, 0.15) is 42.3 Å². The number of hydrogen-bond acceptors (Lipinski definition) is 8. The summed E-state index contributed by atoms with van der Waals surface area (Å²) in [5.41, 5.74) is 1.43. The van der Waals surface area contributed by atoms with E-state index in [1.54, 1.807) is 6.20 Å². The zero-order valence-corrected chi connectivity index (χ0v) is 20.9. The van der Waals surface area contributed by atoms with E-state index in [-0.39, 0.29) is 17.0 Å². The van der Waals surface area contributed by atoms with Crippen molar-refractivity contribution in [2.24, 2.45) is 10.9 Å². The van der Waals surface area contributed by atoms with E-state index in [0.717, 1.165) is 6.26 Å². The Morgan fingerprint density at radius 3 is 2.62 bits per heavy atom. The first-order valence-corrected chi connectivity index (χ1v) is 13.8. The molecule has 2 heterocycles. The maximum atomic E-state index is 13.8. The van der Waals surface area contributed by atoms with Crippen molar-refractivity contribution >= 4 is 44.8 Å². The average Bonchev–Trinajstić information content (AvgIpc) is 3.32. The number of allylic oxidation sites excluding steroid dienone is 1. The quantitative estimate of drug-likeness (QED) is 0.557. The van der Waals surface area contributed by atoms with Gasteiger partial charge in [-0.3, -0.25) is 4.99 Å². The number of carbonyl (C=O) groups excluding carboxylic acids is 1. The topological polar surface area (TPSA) is 110 Å². The van der Waals surface area contributed by atoms with Crippen LogP contribution in [0, 0.1) is 11.7 Å². The Morgan fingerprint density at radius 2 is 2.03 bits per heavy atom. The number of halogens is 2. The number of esters is 1. The third-order valence-corrected chi connectivity index (χ3v) is 7.76. The van der Waals surface area contributed by atoms with Crippen LogP contribution < -0.4 is 10.0 Å². The van der Waals surface area contributed by atoms with Crippen LogP contribution in [-0.4, -0.2) is 44.6 Å². The fourth-order valence-corrected chi connectivity index (χ4v) is 6.12. The van der Waals surface area contributed by atoms with E-state index < -0.39 is 27.9 Å². The number of thiazole rings is 1. The van der Waals surface area contributed by atoms with E-state index in [1.165, 1.54) is 36.6 Å². The van der Waals surface area contributed by atoms with Gasteiger partial charge in [0.1, 0.15) is 11.9 Å². The Bertz CT molecular complexity index is 1240. The second-order valence-corrected chi connectivity index (χ2v) is 11.3. The number of hydrogen-bond donors (Lipinski definition) is 2. The van der Waals surface area contributed by atoms with Gasteiger partial charge in [-0.05, 0) is 43.7 Å². The highest BCUT2D eigenvalue weighted by atomic mass is 35.5. The van der Waals surface area contributed by atoms with Gasteiger partial charge in [-0.2, -0.15) is 0 Å². The number of aromatic nitrogens is 1. The van der Waals surface area contributed by atoms with Gasteiger partial charge in [0, 0.05) is 33.9 Å². The number of sulfonamides is 1. The van der Waals surface area contributed by atoms with E-state index in [1.807, 2.05) is 5.38 Å². The van der Waals surface area contributed by atoms with Crippen molar-refractivity contribution in [1.29, 1.82) is 0 Å². The highest BCUT2D eigenvalue weighted by Crippen LogP contribution is 2.41. The van der Waals surface area contributed by atoms with E-state index >= 15 is 0 Å². The van der Waals surface area contributed by atoms with Gasteiger partial charge in [0.05, 0.1) is 18.9 Å². The first-order chi connectivity index (χ1) is 16.2. The molecule has 1 aromatic carbocycles. The summed E-state index contributed by atoms with van der Waals surface area (Å²) in [7, 11) is -2.01. The van der Waals surface area contributed by atoms with Gasteiger partial charge in [-0.25, -0.2) is 27.3 Å².